The van der Waals surface area contributed by atoms with Gasteiger partial charge < -0.3 is 5.32 Å². The Balaban J connectivity index is 2.25. The minimum Gasteiger partial charge on any atom is -0.370 e. The van der Waals surface area contributed by atoms with Gasteiger partial charge in [-0.1, -0.05) is 13.8 Å². The first kappa shape index (κ1) is 15.3. The molecule has 0 aliphatic carbocycles. The van der Waals surface area contributed by atoms with Crippen LogP contribution in [0, 0.1) is 5.92 Å². The molecule has 1 aromatic heterocycles. The Kier molecular flexibility index (Phi) is 4.65. The van der Waals surface area contributed by atoms with Crippen molar-refractivity contribution in [2.24, 2.45) is 5.92 Å². The first-order valence-corrected chi connectivity index (χ1v) is 8.61. The fourth-order valence-electron chi connectivity index (χ4n) is 2.65. The van der Waals surface area contributed by atoms with Crippen LogP contribution in [0.25, 0.3) is 0 Å². The summed E-state index contributed by atoms with van der Waals surface area (Å²) in [6, 6.07) is 3.26. The SMILES string of the molecule is CCCNc1cc(S(=O)(=O)N2CC(C)CC2C)ccn1. The van der Waals surface area contributed by atoms with Crippen LogP contribution in [-0.2, 0) is 10.0 Å². The monoisotopic (exact) mass is 297 g/mol. The van der Waals surface area contributed by atoms with Gasteiger partial charge in [0.15, 0.2) is 0 Å². The normalized spacial score (nSPS) is 23.9. The molecule has 2 unspecified atom stereocenters. The van der Waals surface area contributed by atoms with Crippen LogP contribution in [0.15, 0.2) is 23.2 Å². The number of nitrogens with one attached hydrogen (secondary N) is 1. The zero-order valence-corrected chi connectivity index (χ0v) is 13.2. The summed E-state index contributed by atoms with van der Waals surface area (Å²) in [6.07, 6.45) is 3.44. The highest BCUT2D eigenvalue weighted by Gasteiger charge is 2.36. The summed E-state index contributed by atoms with van der Waals surface area (Å²) >= 11 is 0. The highest BCUT2D eigenvalue weighted by atomic mass is 32.2. The number of sulfonamides is 1. The third-order valence-electron chi connectivity index (χ3n) is 3.62. The van der Waals surface area contributed by atoms with Crippen molar-refractivity contribution in [3.8, 4) is 0 Å². The molecule has 1 aromatic rings. The molecule has 0 spiro atoms. The van der Waals surface area contributed by atoms with Crippen molar-refractivity contribution in [2.75, 3.05) is 18.4 Å². The topological polar surface area (TPSA) is 62.3 Å². The van der Waals surface area contributed by atoms with E-state index in [0.717, 1.165) is 19.4 Å². The summed E-state index contributed by atoms with van der Waals surface area (Å²) in [4.78, 5) is 4.48. The summed E-state index contributed by atoms with van der Waals surface area (Å²) in [6.45, 7) is 7.50. The Hall–Kier alpha value is -1.14. The Morgan fingerprint density at radius 1 is 1.45 bits per heavy atom. The Bertz CT molecular complexity index is 559. The molecule has 1 saturated heterocycles. The van der Waals surface area contributed by atoms with Gasteiger partial charge in [-0.25, -0.2) is 13.4 Å². The van der Waals surface area contributed by atoms with E-state index in [9.17, 15) is 8.42 Å². The van der Waals surface area contributed by atoms with Crippen LogP contribution in [0.4, 0.5) is 5.82 Å². The third kappa shape index (κ3) is 3.12. The van der Waals surface area contributed by atoms with Gasteiger partial charge in [-0.2, -0.15) is 4.31 Å². The number of rotatable bonds is 5. The molecular formula is C14H23N3O2S. The zero-order valence-electron chi connectivity index (χ0n) is 12.3. The quantitative estimate of drug-likeness (QED) is 0.906. The summed E-state index contributed by atoms with van der Waals surface area (Å²) in [5.41, 5.74) is 0. The van der Waals surface area contributed by atoms with Gasteiger partial charge in [0.05, 0.1) is 4.90 Å². The lowest BCUT2D eigenvalue weighted by Gasteiger charge is -2.21. The van der Waals surface area contributed by atoms with Crippen LogP contribution >= 0.6 is 0 Å². The smallest absolute Gasteiger partial charge is 0.243 e. The number of hydrogen-bond acceptors (Lipinski definition) is 4. The summed E-state index contributed by atoms with van der Waals surface area (Å²) in [5.74, 6) is 1.03. The van der Waals surface area contributed by atoms with Gasteiger partial charge in [-0.15, -0.1) is 0 Å². The second-order valence-electron chi connectivity index (χ2n) is 5.57. The zero-order chi connectivity index (χ0) is 14.8. The second kappa shape index (κ2) is 6.10. The van der Waals surface area contributed by atoms with Crippen LogP contribution < -0.4 is 5.32 Å². The third-order valence-corrected chi connectivity index (χ3v) is 5.60. The molecule has 1 aliphatic rings. The fraction of sp³-hybridized carbons (Fsp3) is 0.643. The second-order valence-corrected chi connectivity index (χ2v) is 7.46. The van der Waals surface area contributed by atoms with Crippen LogP contribution in [-0.4, -0.2) is 36.8 Å². The minimum atomic E-state index is -3.42. The molecule has 2 heterocycles. The van der Waals surface area contributed by atoms with E-state index >= 15 is 0 Å². The molecule has 0 radical (unpaired) electrons. The van der Waals surface area contributed by atoms with E-state index in [-0.39, 0.29) is 6.04 Å². The van der Waals surface area contributed by atoms with Crippen molar-refractivity contribution < 1.29 is 8.42 Å². The molecule has 1 fully saturated rings. The van der Waals surface area contributed by atoms with Crippen molar-refractivity contribution in [3.05, 3.63) is 18.3 Å². The molecular weight excluding hydrogens is 274 g/mol. The predicted octanol–water partition coefficient (Wildman–Crippen LogP) is 2.32. The van der Waals surface area contributed by atoms with E-state index in [0.29, 0.717) is 23.2 Å². The van der Waals surface area contributed by atoms with Gasteiger partial charge in [0.25, 0.3) is 0 Å². The van der Waals surface area contributed by atoms with Crippen molar-refractivity contribution >= 4 is 15.8 Å². The molecule has 6 heteroatoms. The fourth-order valence-corrected chi connectivity index (χ4v) is 4.43. The van der Waals surface area contributed by atoms with Crippen LogP contribution in [0.5, 0.6) is 0 Å². The van der Waals surface area contributed by atoms with E-state index in [1.807, 2.05) is 6.92 Å². The first-order chi connectivity index (χ1) is 9.45. The highest BCUT2D eigenvalue weighted by Crippen LogP contribution is 2.29. The lowest BCUT2D eigenvalue weighted by Crippen LogP contribution is -2.34. The van der Waals surface area contributed by atoms with E-state index in [1.54, 1.807) is 22.6 Å². The molecule has 0 bridgehead atoms. The molecule has 20 heavy (non-hydrogen) atoms. The number of hydrogen-bond donors (Lipinski definition) is 1. The van der Waals surface area contributed by atoms with E-state index < -0.39 is 10.0 Å². The molecule has 5 nitrogen and oxygen atoms in total. The van der Waals surface area contributed by atoms with Gasteiger partial charge in [-0.3, -0.25) is 0 Å². The van der Waals surface area contributed by atoms with E-state index in [1.165, 1.54) is 0 Å². The molecule has 2 rings (SSSR count). The van der Waals surface area contributed by atoms with Crippen molar-refractivity contribution in [1.29, 1.82) is 0 Å². The molecule has 2 atom stereocenters. The minimum absolute atomic E-state index is 0.0650. The lowest BCUT2D eigenvalue weighted by molar-refractivity contribution is 0.405. The van der Waals surface area contributed by atoms with Crippen LogP contribution in [0.2, 0.25) is 0 Å². The highest BCUT2D eigenvalue weighted by molar-refractivity contribution is 7.89. The standard InChI is InChI=1S/C14H23N3O2S/c1-4-6-15-14-9-13(5-7-16-14)20(18,19)17-10-11(2)8-12(17)3/h5,7,9,11-12H,4,6,8,10H2,1-3H3,(H,15,16). The summed E-state index contributed by atoms with van der Waals surface area (Å²) in [5, 5.41) is 3.12. The Morgan fingerprint density at radius 2 is 2.20 bits per heavy atom. The van der Waals surface area contributed by atoms with Crippen LogP contribution in [0.3, 0.4) is 0 Å². The van der Waals surface area contributed by atoms with E-state index in [2.05, 4.69) is 24.1 Å². The van der Waals surface area contributed by atoms with E-state index in [4.69, 9.17) is 0 Å². The maximum absolute atomic E-state index is 12.7. The average molecular weight is 297 g/mol. The van der Waals surface area contributed by atoms with Gasteiger partial charge in [0.2, 0.25) is 10.0 Å². The van der Waals surface area contributed by atoms with Crippen LogP contribution in [0.1, 0.15) is 33.6 Å². The molecule has 0 aromatic carbocycles. The molecule has 0 saturated carbocycles. The van der Waals surface area contributed by atoms with Gasteiger partial charge in [-0.05, 0) is 31.7 Å². The first-order valence-electron chi connectivity index (χ1n) is 7.17. The average Bonchev–Trinajstić information content (AvgIpc) is 2.76. The molecule has 1 aliphatic heterocycles. The number of pyridine rings is 1. The summed E-state index contributed by atoms with van der Waals surface area (Å²) < 4.78 is 27.0. The molecule has 1 N–H and O–H groups in total. The number of anilines is 1. The molecule has 0 amide bonds. The number of nitrogens with zero attached hydrogens (tertiary/aromatic N) is 2. The van der Waals surface area contributed by atoms with Gasteiger partial charge in [0, 0.05) is 31.4 Å². The summed E-state index contributed by atoms with van der Waals surface area (Å²) in [7, 11) is -3.42. The van der Waals surface area contributed by atoms with Crippen molar-refractivity contribution in [1.82, 2.24) is 9.29 Å². The largest absolute Gasteiger partial charge is 0.370 e. The maximum Gasteiger partial charge on any atom is 0.243 e. The van der Waals surface area contributed by atoms with Crippen molar-refractivity contribution in [2.45, 2.75) is 44.6 Å². The Labute approximate surface area is 121 Å². The lowest BCUT2D eigenvalue weighted by atomic mass is 10.1. The van der Waals surface area contributed by atoms with Gasteiger partial charge >= 0.3 is 0 Å². The Morgan fingerprint density at radius 3 is 2.80 bits per heavy atom. The van der Waals surface area contributed by atoms with Gasteiger partial charge in [0.1, 0.15) is 5.82 Å². The number of aromatic nitrogens is 1. The predicted molar refractivity (Wildman–Crippen MR) is 80.2 cm³/mol. The maximum atomic E-state index is 12.7. The molecule has 112 valence electrons. The van der Waals surface area contributed by atoms with Crippen molar-refractivity contribution in [3.63, 3.8) is 0 Å².